The molecule has 2 fully saturated rings. The van der Waals surface area contributed by atoms with E-state index in [1.807, 2.05) is 64.1 Å². The summed E-state index contributed by atoms with van der Waals surface area (Å²) < 4.78 is 9.49. The van der Waals surface area contributed by atoms with E-state index in [9.17, 15) is 19.2 Å². The Hall–Kier alpha value is -5.70. The third-order valence-corrected chi connectivity index (χ3v) is 10.6. The lowest BCUT2D eigenvalue weighted by Gasteiger charge is -2.36. The molecule has 15 heteroatoms. The molecule has 15 nitrogen and oxygen atoms in total. The lowest BCUT2D eigenvalue weighted by molar-refractivity contribution is -0.139. The molecule has 4 atom stereocenters. The number of benzene rings is 2. The van der Waals surface area contributed by atoms with Gasteiger partial charge < -0.3 is 45.6 Å². The summed E-state index contributed by atoms with van der Waals surface area (Å²) in [7, 11) is 2.55. The average molecular weight is 754 g/mol. The third kappa shape index (κ3) is 8.07. The minimum Gasteiger partial charge on any atom is -0.453 e. The highest BCUT2D eigenvalue weighted by Crippen LogP contribution is 2.36. The van der Waals surface area contributed by atoms with Gasteiger partial charge in [0.25, 0.3) is 0 Å². The second-order valence-corrected chi connectivity index (χ2v) is 14.9. The van der Waals surface area contributed by atoms with Crippen LogP contribution in [0, 0.1) is 11.8 Å². The van der Waals surface area contributed by atoms with Crippen molar-refractivity contribution in [3.63, 3.8) is 0 Å². The van der Waals surface area contributed by atoms with Crippen molar-refractivity contribution in [1.29, 1.82) is 0 Å². The molecular formula is C40H51N9O6. The Labute approximate surface area is 320 Å². The molecule has 2 aromatic carbocycles. The number of imidazole rings is 2. The fourth-order valence-electron chi connectivity index (χ4n) is 7.48. The van der Waals surface area contributed by atoms with Crippen LogP contribution in [0.4, 0.5) is 9.59 Å². The molecule has 0 saturated carbocycles. The Balaban J connectivity index is 1.12. The molecule has 292 valence electrons. The van der Waals surface area contributed by atoms with Crippen LogP contribution in [0.1, 0.15) is 71.1 Å². The number of nitrogens with two attached hydrogens (primary N) is 1. The highest BCUT2D eigenvalue weighted by atomic mass is 16.5. The second kappa shape index (κ2) is 16.3. The summed E-state index contributed by atoms with van der Waals surface area (Å²) in [6, 6.07) is 14.6. The predicted molar refractivity (Wildman–Crippen MR) is 206 cm³/mol. The zero-order valence-corrected chi connectivity index (χ0v) is 32.2. The van der Waals surface area contributed by atoms with Crippen LogP contribution in [0.5, 0.6) is 0 Å². The van der Waals surface area contributed by atoms with Crippen LogP contribution >= 0.6 is 0 Å². The number of carbonyl (C=O) groups excluding carboxylic acids is 4. The topological polar surface area (TPSA) is 201 Å². The molecule has 4 amide bonds. The summed E-state index contributed by atoms with van der Waals surface area (Å²) in [5.41, 5.74) is 11.3. The number of alkyl carbamates (subject to hydrolysis) is 2. The first kappa shape index (κ1) is 39.0. The van der Waals surface area contributed by atoms with E-state index in [0.717, 1.165) is 46.5 Å². The number of ether oxygens (including phenoxy) is 2. The van der Waals surface area contributed by atoms with Crippen LogP contribution in [0.3, 0.4) is 0 Å². The molecule has 0 aliphatic carbocycles. The Kier molecular flexibility index (Phi) is 11.6. The van der Waals surface area contributed by atoms with Crippen molar-refractivity contribution in [3.05, 3.63) is 72.6 Å². The van der Waals surface area contributed by atoms with Gasteiger partial charge >= 0.3 is 12.2 Å². The third-order valence-electron chi connectivity index (χ3n) is 10.6. The zero-order valence-electron chi connectivity index (χ0n) is 32.2. The standard InChI is InChI=1S/C40H51N9O6/c1-23(2)32(46-38(52)54-5)35(50)48-19-7-9-31(48)34-42-21-29(44-34)27-14-10-25(11-15-27)26-12-16-28(17-13-26)30-22-43-37(45-30)40(41)18-8-20-49(40)36(51)33(24(3)4)47-39(53)55-6/h10-17,21-24,31-33H,7-9,18-20,41H2,1-6H3,(H,42,44)(H,43,45)(H,46,52)(H,47,53)/t31-,32-,33-,40-/m0/s1. The number of H-pyrrole nitrogens is 2. The number of amides is 4. The largest absolute Gasteiger partial charge is 0.453 e. The van der Waals surface area contributed by atoms with Crippen molar-refractivity contribution < 1.29 is 28.7 Å². The lowest BCUT2D eigenvalue weighted by Crippen LogP contribution is -2.59. The number of carbonyl (C=O) groups is 4. The molecule has 2 aliphatic heterocycles. The first-order valence-electron chi connectivity index (χ1n) is 18.8. The van der Waals surface area contributed by atoms with Crippen LogP contribution in [0.25, 0.3) is 33.6 Å². The molecular weight excluding hydrogens is 702 g/mol. The van der Waals surface area contributed by atoms with Crippen molar-refractivity contribution in [3.8, 4) is 33.6 Å². The number of aromatic nitrogens is 4. The van der Waals surface area contributed by atoms with Gasteiger partial charge in [0, 0.05) is 13.1 Å². The van der Waals surface area contributed by atoms with E-state index in [-0.39, 0.29) is 29.7 Å². The molecule has 0 spiro atoms. The molecule has 0 bridgehead atoms. The van der Waals surface area contributed by atoms with E-state index in [4.69, 9.17) is 15.2 Å². The lowest BCUT2D eigenvalue weighted by atomic mass is 10.0. The molecule has 2 saturated heterocycles. The molecule has 6 rings (SSSR count). The average Bonchev–Trinajstić information content (AvgIpc) is 4.02. The number of methoxy groups -OCH3 is 2. The highest BCUT2D eigenvalue weighted by molar-refractivity contribution is 5.87. The number of nitrogens with zero attached hydrogens (tertiary/aromatic N) is 4. The smallest absolute Gasteiger partial charge is 0.407 e. The maximum Gasteiger partial charge on any atom is 0.407 e. The minimum atomic E-state index is -1.15. The van der Waals surface area contributed by atoms with Crippen LogP contribution in [-0.4, -0.2) is 93.1 Å². The normalized spacial score (nSPS) is 19.4. The Morgan fingerprint density at radius 1 is 0.745 bits per heavy atom. The van der Waals surface area contributed by atoms with Crippen LogP contribution in [-0.2, 0) is 24.7 Å². The van der Waals surface area contributed by atoms with Crippen LogP contribution < -0.4 is 16.4 Å². The summed E-state index contributed by atoms with van der Waals surface area (Å²) in [4.78, 5) is 70.6. The number of nitrogens with one attached hydrogen (secondary N) is 4. The molecule has 6 N–H and O–H groups in total. The van der Waals surface area contributed by atoms with E-state index < -0.39 is 29.9 Å². The first-order chi connectivity index (χ1) is 26.3. The van der Waals surface area contributed by atoms with Crippen molar-refractivity contribution >= 4 is 24.0 Å². The summed E-state index contributed by atoms with van der Waals surface area (Å²) >= 11 is 0. The Morgan fingerprint density at radius 2 is 1.25 bits per heavy atom. The predicted octanol–water partition coefficient (Wildman–Crippen LogP) is 5.29. The van der Waals surface area contributed by atoms with Gasteiger partial charge in [0.2, 0.25) is 11.8 Å². The number of hydrogen-bond donors (Lipinski definition) is 5. The molecule has 0 unspecified atom stereocenters. The molecule has 55 heavy (non-hydrogen) atoms. The highest BCUT2D eigenvalue weighted by Gasteiger charge is 2.47. The van der Waals surface area contributed by atoms with E-state index in [1.54, 1.807) is 22.2 Å². The molecule has 0 radical (unpaired) electrons. The maximum absolute atomic E-state index is 13.6. The summed E-state index contributed by atoms with van der Waals surface area (Å²) in [5.74, 6) is 0.489. The fourth-order valence-corrected chi connectivity index (χ4v) is 7.48. The second-order valence-electron chi connectivity index (χ2n) is 14.9. The number of hydrogen-bond acceptors (Lipinski definition) is 9. The van der Waals surface area contributed by atoms with E-state index in [2.05, 4.69) is 42.7 Å². The maximum atomic E-state index is 13.6. The van der Waals surface area contributed by atoms with Crippen molar-refractivity contribution in [2.75, 3.05) is 27.3 Å². The van der Waals surface area contributed by atoms with Crippen molar-refractivity contribution in [1.82, 2.24) is 40.4 Å². The SMILES string of the molecule is COC(=O)N[C@H](C(=O)N1CCC[C@H]1c1ncc(-c2ccc(-c3ccc(-c4cnc([C@]5(N)CCCN5C(=O)[C@@H](NC(=O)OC)C(C)C)[nH]4)cc3)cc2)[nH]1)C(C)C. The van der Waals surface area contributed by atoms with Gasteiger partial charge in [-0.1, -0.05) is 76.2 Å². The Morgan fingerprint density at radius 3 is 1.80 bits per heavy atom. The van der Waals surface area contributed by atoms with E-state index in [1.165, 1.54) is 14.2 Å². The molecule has 2 aromatic heterocycles. The first-order valence-corrected chi connectivity index (χ1v) is 18.8. The van der Waals surface area contributed by atoms with Crippen LogP contribution in [0.2, 0.25) is 0 Å². The molecule has 2 aliphatic rings. The van der Waals surface area contributed by atoms with Crippen molar-refractivity contribution in [2.45, 2.75) is 77.2 Å². The Bertz CT molecular complexity index is 1990. The zero-order chi connectivity index (χ0) is 39.4. The van der Waals surface area contributed by atoms with Gasteiger partial charge in [0.1, 0.15) is 23.7 Å². The summed E-state index contributed by atoms with van der Waals surface area (Å²) in [5, 5.41) is 5.34. The van der Waals surface area contributed by atoms with Gasteiger partial charge in [-0.2, -0.15) is 0 Å². The number of aromatic amines is 2. The molecule has 4 heterocycles. The van der Waals surface area contributed by atoms with Gasteiger partial charge in [-0.3, -0.25) is 9.59 Å². The number of rotatable bonds is 11. The number of likely N-dealkylation sites (tertiary alicyclic amines) is 2. The monoisotopic (exact) mass is 753 g/mol. The molecule has 4 aromatic rings. The van der Waals surface area contributed by atoms with Gasteiger partial charge in [-0.05, 0) is 59.8 Å². The van der Waals surface area contributed by atoms with Crippen LogP contribution in [0.15, 0.2) is 60.9 Å². The van der Waals surface area contributed by atoms with Gasteiger partial charge in [-0.15, -0.1) is 0 Å². The summed E-state index contributed by atoms with van der Waals surface area (Å²) in [6.45, 7) is 8.55. The van der Waals surface area contributed by atoms with E-state index >= 15 is 0 Å². The minimum absolute atomic E-state index is 0.110. The quantitative estimate of drug-likeness (QED) is 0.135. The van der Waals surface area contributed by atoms with Gasteiger partial charge in [0.15, 0.2) is 5.66 Å². The van der Waals surface area contributed by atoms with E-state index in [0.29, 0.717) is 37.6 Å². The van der Waals surface area contributed by atoms with Gasteiger partial charge in [0.05, 0.1) is 44.0 Å². The summed E-state index contributed by atoms with van der Waals surface area (Å²) in [6.07, 6.45) is 5.06. The van der Waals surface area contributed by atoms with Crippen molar-refractivity contribution in [2.24, 2.45) is 17.6 Å². The van der Waals surface area contributed by atoms with Gasteiger partial charge in [-0.25, -0.2) is 19.6 Å². The fraction of sp³-hybridized carbons (Fsp3) is 0.450.